The first-order valence-corrected chi connectivity index (χ1v) is 8.38. The smallest absolute Gasteiger partial charge is 0.345 e. The van der Waals surface area contributed by atoms with E-state index >= 15 is 0 Å². The average Bonchev–Trinajstić information content (AvgIpc) is 2.82. The molecule has 112 valence electrons. The topological polar surface area (TPSA) is 96.4 Å². The number of nitrogens with one attached hydrogen (secondary N) is 1. The molecule has 0 unspecified atom stereocenters. The zero-order chi connectivity index (χ0) is 15.6. The van der Waals surface area contributed by atoms with E-state index < -0.39 is 22.0 Å². The molecule has 0 fully saturated rings. The van der Waals surface area contributed by atoms with Gasteiger partial charge in [-0.25, -0.2) is 17.9 Å². The summed E-state index contributed by atoms with van der Waals surface area (Å²) in [5, 5.41) is 8.93. The van der Waals surface area contributed by atoms with Gasteiger partial charge in [0.2, 0.25) is 10.0 Å². The first kappa shape index (κ1) is 15.6. The number of carbonyl (C=O) groups is 1. The molecular weight excluding hydrogens is 312 g/mol. The van der Waals surface area contributed by atoms with E-state index in [1.165, 1.54) is 6.07 Å². The second kappa shape index (κ2) is 5.92. The highest BCUT2D eigenvalue weighted by Crippen LogP contribution is 2.26. The first-order chi connectivity index (χ1) is 9.81. The lowest BCUT2D eigenvalue weighted by molar-refractivity contribution is 0.0702. The van der Waals surface area contributed by atoms with Crippen molar-refractivity contribution in [3.63, 3.8) is 0 Å². The highest BCUT2D eigenvalue weighted by molar-refractivity contribution is 7.89. The van der Waals surface area contributed by atoms with E-state index in [4.69, 9.17) is 5.11 Å². The summed E-state index contributed by atoms with van der Waals surface area (Å²) in [6, 6.07) is 5.90. The zero-order valence-corrected chi connectivity index (χ0v) is 13.0. The van der Waals surface area contributed by atoms with Crippen molar-refractivity contribution >= 4 is 27.3 Å². The van der Waals surface area contributed by atoms with Crippen molar-refractivity contribution in [3.05, 3.63) is 45.9 Å². The molecule has 2 aromatic rings. The fraction of sp³-hybridized carbons (Fsp3) is 0.231. The van der Waals surface area contributed by atoms with Crippen molar-refractivity contribution in [1.29, 1.82) is 0 Å². The summed E-state index contributed by atoms with van der Waals surface area (Å²) >= 11 is 0.938. The fourth-order valence-corrected chi connectivity index (χ4v) is 4.47. The van der Waals surface area contributed by atoms with Crippen LogP contribution in [0.5, 0.6) is 0 Å². The maximum absolute atomic E-state index is 12.3. The lowest BCUT2D eigenvalue weighted by atomic mass is 10.2. The summed E-state index contributed by atoms with van der Waals surface area (Å²) in [6.07, 6.45) is 1.58. The van der Waals surface area contributed by atoms with E-state index in [-0.39, 0.29) is 9.77 Å². The molecular formula is C13H14N2O4S2. The minimum atomic E-state index is -3.79. The molecule has 2 heterocycles. The van der Waals surface area contributed by atoms with Crippen LogP contribution in [0.3, 0.4) is 0 Å². The van der Waals surface area contributed by atoms with Crippen LogP contribution in [0.25, 0.3) is 0 Å². The van der Waals surface area contributed by atoms with E-state index in [1.807, 2.05) is 0 Å². The summed E-state index contributed by atoms with van der Waals surface area (Å²) in [7, 11) is -3.79. The van der Waals surface area contributed by atoms with Crippen molar-refractivity contribution in [2.75, 3.05) is 0 Å². The summed E-state index contributed by atoms with van der Waals surface area (Å²) in [5.74, 6) is -1.14. The third-order valence-electron chi connectivity index (χ3n) is 2.84. The number of aromatic carboxylic acids is 1. The van der Waals surface area contributed by atoms with Gasteiger partial charge in [0.25, 0.3) is 0 Å². The summed E-state index contributed by atoms with van der Waals surface area (Å²) < 4.78 is 27.2. The van der Waals surface area contributed by atoms with Crippen LogP contribution in [0, 0.1) is 6.92 Å². The van der Waals surface area contributed by atoms with E-state index in [0.717, 1.165) is 11.3 Å². The molecule has 0 radical (unpaired) electrons. The molecule has 0 aliphatic carbocycles. The standard InChI is InChI=1S/C13H14N2O4S2/c1-8(10-5-3-4-6-14-10)15-21(18,19)12-7-11(13(16)17)20-9(12)2/h3-8,15H,1-2H3,(H,16,17)/t8-/m0/s1. The van der Waals surface area contributed by atoms with Gasteiger partial charge in [0.05, 0.1) is 16.6 Å². The Hall–Kier alpha value is -1.77. The highest BCUT2D eigenvalue weighted by Gasteiger charge is 2.24. The van der Waals surface area contributed by atoms with Crippen molar-refractivity contribution in [2.45, 2.75) is 24.8 Å². The number of thiophene rings is 1. The van der Waals surface area contributed by atoms with Crippen molar-refractivity contribution in [1.82, 2.24) is 9.71 Å². The van der Waals surface area contributed by atoms with Gasteiger partial charge in [0.15, 0.2) is 0 Å². The number of aromatic nitrogens is 1. The van der Waals surface area contributed by atoms with Gasteiger partial charge in [-0.1, -0.05) is 6.07 Å². The van der Waals surface area contributed by atoms with Crippen LogP contribution in [0.15, 0.2) is 35.4 Å². The van der Waals surface area contributed by atoms with Gasteiger partial charge in [-0.2, -0.15) is 0 Å². The predicted molar refractivity (Wildman–Crippen MR) is 79.0 cm³/mol. The molecule has 0 saturated carbocycles. The number of sulfonamides is 1. The molecule has 2 rings (SSSR count). The van der Waals surface area contributed by atoms with Crippen molar-refractivity contribution in [2.24, 2.45) is 0 Å². The largest absolute Gasteiger partial charge is 0.477 e. The van der Waals surface area contributed by atoms with Crippen LogP contribution in [-0.4, -0.2) is 24.5 Å². The third-order valence-corrected chi connectivity index (χ3v) is 5.67. The Labute approximate surface area is 126 Å². The van der Waals surface area contributed by atoms with Gasteiger partial charge in [0.1, 0.15) is 4.88 Å². The zero-order valence-electron chi connectivity index (χ0n) is 11.4. The molecule has 6 nitrogen and oxygen atoms in total. The summed E-state index contributed by atoms with van der Waals surface area (Å²) in [5.41, 5.74) is 0.590. The molecule has 2 aromatic heterocycles. The van der Waals surface area contributed by atoms with E-state index in [1.54, 1.807) is 38.2 Å². The number of hydrogen-bond donors (Lipinski definition) is 2. The Balaban J connectivity index is 2.29. The van der Waals surface area contributed by atoms with E-state index in [0.29, 0.717) is 10.6 Å². The fourth-order valence-electron chi connectivity index (χ4n) is 1.83. The molecule has 0 bridgehead atoms. The van der Waals surface area contributed by atoms with Gasteiger partial charge in [-0.15, -0.1) is 11.3 Å². The van der Waals surface area contributed by atoms with Crippen LogP contribution >= 0.6 is 11.3 Å². The van der Waals surface area contributed by atoms with Crippen molar-refractivity contribution < 1.29 is 18.3 Å². The highest BCUT2D eigenvalue weighted by atomic mass is 32.2. The number of carboxylic acids is 1. The SMILES string of the molecule is Cc1sc(C(=O)O)cc1S(=O)(=O)N[C@@H](C)c1ccccn1. The average molecular weight is 326 g/mol. The molecule has 0 saturated heterocycles. The number of carboxylic acid groups (broad SMARTS) is 1. The van der Waals surface area contributed by atoms with E-state index in [9.17, 15) is 13.2 Å². The van der Waals surface area contributed by atoms with Crippen LogP contribution in [-0.2, 0) is 10.0 Å². The Kier molecular flexibility index (Phi) is 4.40. The van der Waals surface area contributed by atoms with Crippen LogP contribution in [0.1, 0.15) is 33.2 Å². The molecule has 0 amide bonds. The normalized spacial score (nSPS) is 13.0. The second-order valence-corrected chi connectivity index (χ2v) is 7.37. The number of aryl methyl sites for hydroxylation is 1. The molecule has 1 atom stereocenters. The van der Waals surface area contributed by atoms with Gasteiger partial charge < -0.3 is 5.11 Å². The van der Waals surface area contributed by atoms with Gasteiger partial charge >= 0.3 is 5.97 Å². The molecule has 0 spiro atoms. The Morgan fingerprint density at radius 1 is 1.43 bits per heavy atom. The molecule has 0 aliphatic heterocycles. The summed E-state index contributed by atoms with van der Waals surface area (Å²) in [4.78, 5) is 15.4. The Morgan fingerprint density at radius 2 is 2.14 bits per heavy atom. The molecule has 2 N–H and O–H groups in total. The second-order valence-electron chi connectivity index (χ2n) is 4.43. The molecule has 8 heteroatoms. The number of pyridine rings is 1. The van der Waals surface area contributed by atoms with Crippen molar-refractivity contribution in [3.8, 4) is 0 Å². The predicted octanol–water partition coefficient (Wildman–Crippen LogP) is 2.19. The van der Waals surface area contributed by atoms with Crippen LogP contribution in [0.2, 0.25) is 0 Å². The monoisotopic (exact) mass is 326 g/mol. The molecule has 0 aliphatic rings. The number of nitrogens with zero attached hydrogens (tertiary/aromatic N) is 1. The number of rotatable bonds is 5. The first-order valence-electron chi connectivity index (χ1n) is 6.08. The quantitative estimate of drug-likeness (QED) is 0.878. The summed E-state index contributed by atoms with van der Waals surface area (Å²) in [6.45, 7) is 3.26. The maximum Gasteiger partial charge on any atom is 0.345 e. The molecule has 0 aromatic carbocycles. The lowest BCUT2D eigenvalue weighted by Crippen LogP contribution is -2.27. The Bertz CT molecular complexity index is 754. The van der Waals surface area contributed by atoms with Crippen LogP contribution in [0.4, 0.5) is 0 Å². The van der Waals surface area contributed by atoms with Gasteiger partial charge in [-0.3, -0.25) is 4.98 Å². The van der Waals surface area contributed by atoms with Gasteiger partial charge in [0, 0.05) is 11.1 Å². The van der Waals surface area contributed by atoms with Gasteiger partial charge in [-0.05, 0) is 32.0 Å². The minimum Gasteiger partial charge on any atom is -0.477 e. The minimum absolute atomic E-state index is 0.00151. The lowest BCUT2D eigenvalue weighted by Gasteiger charge is -2.13. The van der Waals surface area contributed by atoms with Crippen LogP contribution < -0.4 is 4.72 Å². The third kappa shape index (κ3) is 3.46. The number of hydrogen-bond acceptors (Lipinski definition) is 5. The maximum atomic E-state index is 12.3. The van der Waals surface area contributed by atoms with E-state index in [2.05, 4.69) is 9.71 Å². The molecule has 21 heavy (non-hydrogen) atoms. The Morgan fingerprint density at radius 3 is 2.67 bits per heavy atom.